The monoisotopic (exact) mass is 408 g/mol. The molecule has 9 nitrogen and oxygen atoms in total. The van der Waals surface area contributed by atoms with Gasteiger partial charge in [-0.3, -0.25) is 0 Å². The number of pyridine rings is 1. The smallest absolute Gasteiger partial charge is 0.431 e. The minimum Gasteiger partial charge on any atom is -0.431 e. The largest absolute Gasteiger partial charge is 0.515 e. The molecule has 9 heteroatoms. The molecule has 0 radical (unpaired) electrons. The maximum absolute atomic E-state index is 12.0. The first-order chi connectivity index (χ1) is 14.5. The van der Waals surface area contributed by atoms with Crippen LogP contribution in [0.25, 0.3) is 21.8 Å². The number of carbonyl (C=O) groups is 1. The number of benzene rings is 1. The summed E-state index contributed by atoms with van der Waals surface area (Å²) in [7, 11) is 1.56. The molecule has 3 aromatic heterocycles. The number of aromatic amines is 1. The molecular weight excluding hydrogens is 388 g/mol. The number of fused-ring (bicyclic) bond motifs is 3. The average molecular weight is 408 g/mol. The van der Waals surface area contributed by atoms with Crippen LogP contribution in [0.15, 0.2) is 42.9 Å². The Hall–Kier alpha value is -3.72. The Balaban J connectivity index is 1.79. The van der Waals surface area contributed by atoms with Gasteiger partial charge in [-0.1, -0.05) is 0 Å². The first kappa shape index (κ1) is 19.6. The standard InChI is InChI=1S/C21H20N4O5/c1-12(2)28-21(26)30-19-15(11-27-3)18-14-9-13(29-20-22-7-4-8-23-20)5-6-16(14)25-17(18)10-24-19/h4-10,12,25H,11H2,1-3H3. The predicted molar refractivity (Wildman–Crippen MR) is 109 cm³/mol. The molecule has 0 bridgehead atoms. The lowest BCUT2D eigenvalue weighted by Gasteiger charge is -2.11. The second-order valence-corrected chi connectivity index (χ2v) is 6.75. The summed E-state index contributed by atoms with van der Waals surface area (Å²) >= 11 is 0. The second-order valence-electron chi connectivity index (χ2n) is 6.75. The predicted octanol–water partition coefficient (Wildman–Crippen LogP) is 4.37. The third-order valence-corrected chi connectivity index (χ3v) is 4.22. The summed E-state index contributed by atoms with van der Waals surface area (Å²) < 4.78 is 21.5. The van der Waals surface area contributed by atoms with Crippen molar-refractivity contribution in [3.63, 3.8) is 0 Å². The van der Waals surface area contributed by atoms with E-state index in [0.29, 0.717) is 11.3 Å². The van der Waals surface area contributed by atoms with Crippen LogP contribution in [0.1, 0.15) is 19.4 Å². The average Bonchev–Trinajstić information content (AvgIpc) is 3.08. The Morgan fingerprint density at radius 2 is 1.93 bits per heavy atom. The van der Waals surface area contributed by atoms with Crippen LogP contribution in [-0.2, 0) is 16.1 Å². The molecule has 0 spiro atoms. The third-order valence-electron chi connectivity index (χ3n) is 4.22. The molecule has 1 aromatic carbocycles. The Bertz CT molecular complexity index is 1190. The van der Waals surface area contributed by atoms with E-state index in [2.05, 4.69) is 19.9 Å². The highest BCUT2D eigenvalue weighted by Crippen LogP contribution is 2.35. The molecule has 30 heavy (non-hydrogen) atoms. The summed E-state index contributed by atoms with van der Waals surface area (Å²) in [6.07, 6.45) is 3.69. The van der Waals surface area contributed by atoms with Crippen molar-refractivity contribution in [1.29, 1.82) is 0 Å². The van der Waals surface area contributed by atoms with Crippen LogP contribution < -0.4 is 9.47 Å². The number of H-pyrrole nitrogens is 1. The number of hydrogen-bond acceptors (Lipinski definition) is 8. The first-order valence-electron chi connectivity index (χ1n) is 9.30. The number of ether oxygens (including phenoxy) is 4. The fourth-order valence-electron chi connectivity index (χ4n) is 3.09. The molecule has 0 aliphatic carbocycles. The van der Waals surface area contributed by atoms with Gasteiger partial charge in [0.05, 0.1) is 30.0 Å². The number of hydrogen-bond donors (Lipinski definition) is 1. The van der Waals surface area contributed by atoms with E-state index in [1.54, 1.807) is 45.6 Å². The SMILES string of the molecule is COCc1c(OC(=O)OC(C)C)ncc2[nH]c3ccc(Oc4ncccn4)cc3c12. The molecule has 154 valence electrons. The Morgan fingerprint density at radius 3 is 2.67 bits per heavy atom. The van der Waals surface area contributed by atoms with Gasteiger partial charge in [-0.2, -0.15) is 0 Å². The van der Waals surface area contributed by atoms with Crippen molar-refractivity contribution in [2.24, 2.45) is 0 Å². The van der Waals surface area contributed by atoms with Crippen molar-refractivity contribution in [2.75, 3.05) is 7.11 Å². The minimum atomic E-state index is -0.820. The number of aromatic nitrogens is 4. The van der Waals surface area contributed by atoms with E-state index >= 15 is 0 Å². The molecule has 0 unspecified atom stereocenters. The summed E-state index contributed by atoms with van der Waals surface area (Å²) in [6, 6.07) is 7.52. The summed E-state index contributed by atoms with van der Waals surface area (Å²) in [5, 5.41) is 1.67. The Labute approximate surface area is 172 Å². The van der Waals surface area contributed by atoms with Crippen LogP contribution in [0.3, 0.4) is 0 Å². The lowest BCUT2D eigenvalue weighted by molar-refractivity contribution is 0.0705. The summed E-state index contributed by atoms with van der Waals surface area (Å²) in [4.78, 5) is 27.7. The number of rotatable bonds is 6. The van der Waals surface area contributed by atoms with E-state index in [1.165, 1.54) is 0 Å². The lowest BCUT2D eigenvalue weighted by Crippen LogP contribution is -2.17. The van der Waals surface area contributed by atoms with E-state index in [0.717, 1.165) is 21.8 Å². The van der Waals surface area contributed by atoms with Crippen LogP contribution in [0.4, 0.5) is 4.79 Å². The van der Waals surface area contributed by atoms with Crippen LogP contribution in [0.5, 0.6) is 17.6 Å². The topological polar surface area (TPSA) is 108 Å². The van der Waals surface area contributed by atoms with Gasteiger partial charge in [-0.05, 0) is 38.1 Å². The molecule has 0 fully saturated rings. The van der Waals surface area contributed by atoms with Crippen LogP contribution in [-0.4, -0.2) is 39.3 Å². The molecule has 0 aliphatic heterocycles. The van der Waals surface area contributed by atoms with Gasteiger partial charge in [-0.25, -0.2) is 19.7 Å². The van der Waals surface area contributed by atoms with Crippen molar-refractivity contribution >= 4 is 28.0 Å². The summed E-state index contributed by atoms with van der Waals surface area (Å²) in [6.45, 7) is 3.67. The van der Waals surface area contributed by atoms with Crippen LogP contribution >= 0.6 is 0 Å². The van der Waals surface area contributed by atoms with Gasteiger partial charge in [-0.15, -0.1) is 0 Å². The lowest BCUT2D eigenvalue weighted by atomic mass is 10.1. The number of nitrogens with one attached hydrogen (secondary N) is 1. The van der Waals surface area contributed by atoms with Crippen molar-refractivity contribution in [2.45, 2.75) is 26.6 Å². The Kier molecular flexibility index (Phi) is 5.44. The van der Waals surface area contributed by atoms with Crippen molar-refractivity contribution in [1.82, 2.24) is 19.9 Å². The first-order valence-corrected chi connectivity index (χ1v) is 9.30. The van der Waals surface area contributed by atoms with Crippen molar-refractivity contribution in [3.8, 4) is 17.6 Å². The zero-order chi connectivity index (χ0) is 21.1. The number of methoxy groups -OCH3 is 1. The second kappa shape index (κ2) is 8.34. The van der Waals surface area contributed by atoms with E-state index in [1.807, 2.05) is 18.2 Å². The molecule has 0 amide bonds. The van der Waals surface area contributed by atoms with Crippen LogP contribution in [0.2, 0.25) is 0 Å². The van der Waals surface area contributed by atoms with E-state index < -0.39 is 6.16 Å². The van der Waals surface area contributed by atoms with Gasteiger partial charge in [0, 0.05) is 35.8 Å². The van der Waals surface area contributed by atoms with Gasteiger partial charge in [0.15, 0.2) is 0 Å². The molecule has 0 aliphatic rings. The van der Waals surface area contributed by atoms with Crippen LogP contribution in [0, 0.1) is 0 Å². The molecule has 4 rings (SSSR count). The quantitative estimate of drug-likeness (QED) is 0.469. The zero-order valence-corrected chi connectivity index (χ0v) is 16.7. The molecule has 0 saturated heterocycles. The fourth-order valence-corrected chi connectivity index (χ4v) is 3.09. The van der Waals surface area contributed by atoms with Gasteiger partial charge in [0.1, 0.15) is 5.75 Å². The Morgan fingerprint density at radius 1 is 1.13 bits per heavy atom. The van der Waals surface area contributed by atoms with Gasteiger partial charge in [0.25, 0.3) is 0 Å². The molecular formula is C21H20N4O5. The third kappa shape index (κ3) is 4.01. The minimum absolute atomic E-state index is 0.133. The van der Waals surface area contributed by atoms with Gasteiger partial charge in [0.2, 0.25) is 5.88 Å². The number of nitrogens with zero attached hydrogens (tertiary/aromatic N) is 3. The van der Waals surface area contributed by atoms with E-state index in [4.69, 9.17) is 18.9 Å². The highest BCUT2D eigenvalue weighted by molar-refractivity contribution is 6.09. The highest BCUT2D eigenvalue weighted by atomic mass is 16.7. The number of carbonyl (C=O) groups excluding carboxylic acids is 1. The molecule has 3 heterocycles. The van der Waals surface area contributed by atoms with Gasteiger partial charge < -0.3 is 23.9 Å². The zero-order valence-electron chi connectivity index (χ0n) is 16.7. The van der Waals surface area contributed by atoms with Crippen molar-refractivity contribution < 1.29 is 23.7 Å². The highest BCUT2D eigenvalue weighted by Gasteiger charge is 2.19. The van der Waals surface area contributed by atoms with Gasteiger partial charge >= 0.3 is 12.2 Å². The summed E-state index contributed by atoms with van der Waals surface area (Å²) in [5.41, 5.74) is 2.26. The normalized spacial score (nSPS) is 11.2. The van der Waals surface area contributed by atoms with E-state index in [-0.39, 0.29) is 24.6 Å². The van der Waals surface area contributed by atoms with Crippen molar-refractivity contribution in [3.05, 3.63) is 48.4 Å². The summed E-state index contributed by atoms with van der Waals surface area (Å²) in [5.74, 6) is 0.699. The molecule has 1 N–H and O–H groups in total. The molecule has 0 atom stereocenters. The molecule has 4 aromatic rings. The molecule has 0 saturated carbocycles. The maximum atomic E-state index is 12.0. The van der Waals surface area contributed by atoms with E-state index in [9.17, 15) is 4.79 Å². The fraction of sp³-hybridized carbons (Fsp3) is 0.238. The maximum Gasteiger partial charge on any atom is 0.515 e.